The first kappa shape index (κ1) is 22.2. The van der Waals surface area contributed by atoms with Gasteiger partial charge in [-0.2, -0.15) is 0 Å². The maximum absolute atomic E-state index is 5.84. The van der Waals surface area contributed by atoms with Gasteiger partial charge in [0.25, 0.3) is 0 Å². The molecular formula is C26H28N4OS3. The fourth-order valence-electron chi connectivity index (χ4n) is 4.32. The molecule has 176 valence electrons. The molecule has 3 aliphatic rings. The van der Waals surface area contributed by atoms with Gasteiger partial charge >= 0.3 is 0 Å². The predicted octanol–water partition coefficient (Wildman–Crippen LogP) is 6.56. The highest BCUT2D eigenvalue weighted by molar-refractivity contribution is 7.99. The summed E-state index contributed by atoms with van der Waals surface area (Å²) in [5.74, 6) is 1.97. The SMILES string of the molecule is C=C1c2cc(SNC3(C)CC3)sc2N(Cc2ccc3c(c2)OCC3)C(=C)N1Cc1cnc(C)s1. The van der Waals surface area contributed by atoms with Gasteiger partial charge in [-0.25, -0.2) is 4.98 Å². The lowest BCUT2D eigenvalue weighted by Crippen LogP contribution is -2.36. The van der Waals surface area contributed by atoms with Crippen LogP contribution in [0.2, 0.25) is 0 Å². The normalized spacial score (nSPS) is 18.2. The van der Waals surface area contributed by atoms with E-state index in [1.807, 2.05) is 24.5 Å². The van der Waals surface area contributed by atoms with Crippen LogP contribution < -0.4 is 14.4 Å². The highest BCUT2D eigenvalue weighted by Crippen LogP contribution is 2.49. The molecule has 8 heteroatoms. The number of rotatable bonds is 7. The molecule has 2 aromatic heterocycles. The predicted molar refractivity (Wildman–Crippen MR) is 143 cm³/mol. The maximum Gasteiger partial charge on any atom is 0.122 e. The average molecular weight is 509 g/mol. The van der Waals surface area contributed by atoms with Crippen LogP contribution >= 0.6 is 34.6 Å². The molecule has 3 aromatic rings. The van der Waals surface area contributed by atoms with Crippen molar-refractivity contribution in [3.63, 3.8) is 0 Å². The first-order valence-corrected chi connectivity index (χ1v) is 14.0. The van der Waals surface area contributed by atoms with Gasteiger partial charge in [0.1, 0.15) is 16.6 Å². The fourth-order valence-corrected chi connectivity index (χ4v) is 7.29. The lowest BCUT2D eigenvalue weighted by atomic mass is 10.1. The largest absolute Gasteiger partial charge is 0.493 e. The van der Waals surface area contributed by atoms with Crippen LogP contribution in [0, 0.1) is 6.92 Å². The van der Waals surface area contributed by atoms with Crippen molar-refractivity contribution < 1.29 is 4.74 Å². The number of aryl methyl sites for hydroxylation is 1. The average Bonchev–Trinajstić information content (AvgIpc) is 3.21. The van der Waals surface area contributed by atoms with Crippen molar-refractivity contribution in [2.24, 2.45) is 0 Å². The number of thiazole rings is 1. The molecule has 1 aliphatic carbocycles. The van der Waals surface area contributed by atoms with Crippen LogP contribution in [0.25, 0.3) is 5.70 Å². The quantitative estimate of drug-likeness (QED) is 0.365. The van der Waals surface area contributed by atoms with Crippen molar-refractivity contribution in [1.82, 2.24) is 14.6 Å². The minimum absolute atomic E-state index is 0.274. The molecule has 2 aliphatic heterocycles. The highest BCUT2D eigenvalue weighted by Gasteiger charge is 2.38. The molecule has 5 nitrogen and oxygen atoms in total. The molecule has 1 N–H and O–H groups in total. The first-order chi connectivity index (χ1) is 16.4. The zero-order valence-corrected chi connectivity index (χ0v) is 22.0. The highest BCUT2D eigenvalue weighted by atomic mass is 32.2. The van der Waals surface area contributed by atoms with E-state index in [-0.39, 0.29) is 5.54 Å². The minimum Gasteiger partial charge on any atom is -0.493 e. The summed E-state index contributed by atoms with van der Waals surface area (Å²) < 4.78 is 10.7. The van der Waals surface area contributed by atoms with E-state index in [9.17, 15) is 0 Å². The van der Waals surface area contributed by atoms with Gasteiger partial charge in [-0.3, -0.25) is 4.72 Å². The molecule has 0 saturated heterocycles. The number of hydrogen-bond acceptors (Lipinski definition) is 8. The molecule has 0 amide bonds. The number of anilines is 1. The number of benzene rings is 1. The Morgan fingerprint density at radius 1 is 1.18 bits per heavy atom. The first-order valence-electron chi connectivity index (χ1n) is 11.6. The van der Waals surface area contributed by atoms with Gasteiger partial charge in [0, 0.05) is 34.3 Å². The number of thiophene rings is 1. The second kappa shape index (κ2) is 8.45. The Bertz CT molecular complexity index is 1290. The summed E-state index contributed by atoms with van der Waals surface area (Å²) in [5.41, 5.74) is 4.98. The van der Waals surface area contributed by atoms with Crippen LogP contribution in [0.5, 0.6) is 5.75 Å². The van der Waals surface area contributed by atoms with Crippen molar-refractivity contribution in [2.45, 2.75) is 55.9 Å². The Morgan fingerprint density at radius 3 is 2.79 bits per heavy atom. The number of aromatic nitrogens is 1. The summed E-state index contributed by atoms with van der Waals surface area (Å²) in [6.07, 6.45) is 5.44. The van der Waals surface area contributed by atoms with Gasteiger partial charge in [0.2, 0.25) is 0 Å². The fraction of sp³-hybridized carbons (Fsp3) is 0.346. The van der Waals surface area contributed by atoms with Crippen molar-refractivity contribution in [3.05, 3.63) is 76.0 Å². The summed E-state index contributed by atoms with van der Waals surface area (Å²) in [4.78, 5) is 10.2. The van der Waals surface area contributed by atoms with E-state index in [0.29, 0.717) is 0 Å². The topological polar surface area (TPSA) is 40.6 Å². The number of ether oxygens (including phenoxy) is 1. The summed E-state index contributed by atoms with van der Waals surface area (Å²) in [7, 11) is 0. The Balaban J connectivity index is 1.33. The summed E-state index contributed by atoms with van der Waals surface area (Å²) in [6, 6.07) is 8.90. The van der Waals surface area contributed by atoms with E-state index in [1.54, 1.807) is 23.3 Å². The lowest BCUT2D eigenvalue weighted by molar-refractivity contribution is 0.356. The van der Waals surface area contributed by atoms with Crippen molar-refractivity contribution in [3.8, 4) is 5.75 Å². The molecule has 0 unspecified atom stereocenters. The second-order valence-electron chi connectivity index (χ2n) is 9.47. The number of fused-ring (bicyclic) bond motifs is 2. The van der Waals surface area contributed by atoms with E-state index >= 15 is 0 Å². The van der Waals surface area contributed by atoms with Crippen molar-refractivity contribution in [1.29, 1.82) is 0 Å². The third-order valence-electron chi connectivity index (χ3n) is 6.68. The monoisotopic (exact) mass is 508 g/mol. The van der Waals surface area contributed by atoms with Gasteiger partial charge in [-0.1, -0.05) is 25.3 Å². The molecule has 1 saturated carbocycles. The van der Waals surface area contributed by atoms with E-state index in [4.69, 9.17) is 4.74 Å². The maximum atomic E-state index is 5.84. The third-order valence-corrected chi connectivity index (χ3v) is 9.94. The molecular weight excluding hydrogens is 481 g/mol. The number of nitrogens with one attached hydrogen (secondary N) is 1. The van der Waals surface area contributed by atoms with Crippen LogP contribution in [-0.2, 0) is 19.5 Å². The lowest BCUT2D eigenvalue weighted by Gasteiger charge is -2.40. The Kier molecular flexibility index (Phi) is 5.52. The van der Waals surface area contributed by atoms with Crippen LogP contribution in [0.1, 0.15) is 46.3 Å². The number of nitrogens with zero attached hydrogens (tertiary/aromatic N) is 3. The summed E-state index contributed by atoms with van der Waals surface area (Å²) in [5, 5.41) is 2.28. The molecule has 1 aromatic carbocycles. The second-order valence-corrected chi connectivity index (χ2v) is 12.9. The van der Waals surface area contributed by atoms with E-state index in [2.05, 4.69) is 63.9 Å². The van der Waals surface area contributed by atoms with Crippen LogP contribution in [0.3, 0.4) is 0 Å². The van der Waals surface area contributed by atoms with Gasteiger partial charge < -0.3 is 14.5 Å². The van der Waals surface area contributed by atoms with Crippen molar-refractivity contribution in [2.75, 3.05) is 11.5 Å². The molecule has 0 bridgehead atoms. The molecule has 4 heterocycles. The summed E-state index contributed by atoms with van der Waals surface area (Å²) in [6.45, 7) is 15.6. The Labute approximate surface area is 213 Å². The molecule has 0 spiro atoms. The van der Waals surface area contributed by atoms with Crippen molar-refractivity contribution >= 4 is 45.3 Å². The zero-order chi connectivity index (χ0) is 23.4. The van der Waals surface area contributed by atoms with Crippen LogP contribution in [0.4, 0.5) is 5.00 Å². The summed E-state index contributed by atoms with van der Waals surface area (Å²) >= 11 is 5.28. The number of hydrogen-bond donors (Lipinski definition) is 1. The van der Waals surface area contributed by atoms with Crippen LogP contribution in [-0.4, -0.2) is 22.0 Å². The van der Waals surface area contributed by atoms with E-state index < -0.39 is 0 Å². The molecule has 1 fully saturated rings. The molecule has 34 heavy (non-hydrogen) atoms. The standard InChI is InChI=1S/C26H28N4OS3/c1-16-22-12-24(34-28-26(4)8-9-26)33-25(22)30(14-19-5-6-20-7-10-31-23(20)11-19)18(3)29(16)15-21-13-27-17(2)32-21/h5-6,11-13,28H,1,3,7-10,14-15H2,2,4H3. The third kappa shape index (κ3) is 4.17. The Morgan fingerprint density at radius 2 is 2.03 bits per heavy atom. The molecule has 0 radical (unpaired) electrons. The van der Waals surface area contributed by atoms with E-state index in [1.165, 1.54) is 43.6 Å². The van der Waals surface area contributed by atoms with Gasteiger partial charge in [0.05, 0.1) is 28.9 Å². The molecule has 0 atom stereocenters. The minimum atomic E-state index is 0.274. The Hall–Kier alpha value is -2.26. The van der Waals surface area contributed by atoms with E-state index in [0.717, 1.165) is 48.4 Å². The van der Waals surface area contributed by atoms with Crippen LogP contribution in [0.15, 0.2) is 53.7 Å². The van der Waals surface area contributed by atoms with Gasteiger partial charge in [0.15, 0.2) is 0 Å². The van der Waals surface area contributed by atoms with Gasteiger partial charge in [-0.15, -0.1) is 22.7 Å². The zero-order valence-electron chi connectivity index (χ0n) is 19.5. The van der Waals surface area contributed by atoms with Gasteiger partial charge in [-0.05, 0) is 61.9 Å². The smallest absolute Gasteiger partial charge is 0.122 e. The molecule has 6 rings (SSSR count).